The van der Waals surface area contributed by atoms with Gasteiger partial charge in [-0.3, -0.25) is 10.1 Å². The normalized spacial score (nSPS) is 12.5. The maximum atomic E-state index is 11.1. The van der Waals surface area contributed by atoms with Crippen LogP contribution in [0.15, 0.2) is 6.20 Å². The van der Waals surface area contributed by atoms with Gasteiger partial charge < -0.3 is 4.74 Å². The Morgan fingerprint density at radius 2 is 2.47 bits per heavy atom. The largest absolute Gasteiger partial charge is 0.468 e. The first-order valence-electron chi connectivity index (χ1n) is 4.92. The summed E-state index contributed by atoms with van der Waals surface area (Å²) in [5.41, 5.74) is 0. The molecular weight excluding hydrogens is 212 g/mol. The van der Waals surface area contributed by atoms with Gasteiger partial charge in [0.25, 0.3) is 0 Å². The predicted octanol–water partition coefficient (Wildman–Crippen LogP) is 1.36. The zero-order valence-corrected chi connectivity index (χ0v) is 10.1. The maximum absolute atomic E-state index is 11.1. The van der Waals surface area contributed by atoms with E-state index >= 15 is 0 Å². The monoisotopic (exact) mass is 228 g/mol. The van der Waals surface area contributed by atoms with E-state index in [2.05, 4.69) is 22.0 Å². The van der Waals surface area contributed by atoms with Gasteiger partial charge in [-0.05, 0) is 13.3 Å². The number of ether oxygens (including phenoxy) is 1. The second-order valence-corrected chi connectivity index (χ2v) is 4.40. The van der Waals surface area contributed by atoms with Crippen molar-refractivity contribution in [3.63, 3.8) is 0 Å². The zero-order chi connectivity index (χ0) is 11.3. The zero-order valence-electron chi connectivity index (χ0n) is 9.24. The number of carbonyl (C=O) groups is 1. The average molecular weight is 228 g/mol. The molecule has 1 aromatic rings. The number of esters is 1. The molecule has 0 aliphatic carbocycles. The van der Waals surface area contributed by atoms with Crippen molar-refractivity contribution in [1.29, 1.82) is 0 Å². The highest BCUT2D eigenvalue weighted by molar-refractivity contribution is 7.11. The van der Waals surface area contributed by atoms with Crippen LogP contribution in [0.25, 0.3) is 0 Å². The highest BCUT2D eigenvalue weighted by Gasteiger charge is 2.12. The van der Waals surface area contributed by atoms with Gasteiger partial charge in [0.1, 0.15) is 6.04 Å². The van der Waals surface area contributed by atoms with Gasteiger partial charge in [-0.2, -0.15) is 0 Å². The Bertz CT molecular complexity index is 325. The first-order chi connectivity index (χ1) is 7.17. The molecule has 1 unspecified atom stereocenters. The van der Waals surface area contributed by atoms with Crippen LogP contribution in [0.4, 0.5) is 0 Å². The predicted molar refractivity (Wildman–Crippen MR) is 59.8 cm³/mol. The lowest BCUT2D eigenvalue weighted by atomic mass is 10.3. The van der Waals surface area contributed by atoms with Crippen LogP contribution < -0.4 is 5.32 Å². The lowest BCUT2D eigenvalue weighted by Crippen LogP contribution is -2.34. The number of hydrogen-bond acceptors (Lipinski definition) is 5. The summed E-state index contributed by atoms with van der Waals surface area (Å²) in [6, 6.07) is -0.276. The van der Waals surface area contributed by atoms with Gasteiger partial charge in [-0.1, -0.05) is 6.92 Å². The lowest BCUT2D eigenvalue weighted by molar-refractivity contribution is -0.142. The lowest BCUT2D eigenvalue weighted by Gasteiger charge is -2.09. The third kappa shape index (κ3) is 3.60. The molecule has 0 spiro atoms. The molecule has 15 heavy (non-hydrogen) atoms. The van der Waals surface area contributed by atoms with Crippen molar-refractivity contribution in [1.82, 2.24) is 10.3 Å². The van der Waals surface area contributed by atoms with Crippen LogP contribution in [0.1, 0.15) is 23.7 Å². The molecule has 1 rings (SSSR count). The van der Waals surface area contributed by atoms with Crippen molar-refractivity contribution >= 4 is 17.3 Å². The van der Waals surface area contributed by atoms with E-state index < -0.39 is 0 Å². The number of carbonyl (C=O) groups excluding carboxylic acids is 1. The molecule has 0 saturated heterocycles. The molecule has 0 saturated carbocycles. The minimum atomic E-state index is -0.276. The summed E-state index contributed by atoms with van der Waals surface area (Å²) >= 11 is 1.67. The second kappa shape index (κ2) is 5.82. The van der Waals surface area contributed by atoms with Crippen LogP contribution in [0.2, 0.25) is 0 Å². The average Bonchev–Trinajstić information content (AvgIpc) is 2.72. The van der Waals surface area contributed by atoms with Crippen molar-refractivity contribution < 1.29 is 9.53 Å². The summed E-state index contributed by atoms with van der Waals surface area (Å²) in [6.45, 7) is 4.52. The van der Waals surface area contributed by atoms with E-state index in [1.165, 1.54) is 7.11 Å². The molecule has 1 heterocycles. The molecule has 1 N–H and O–H groups in total. The summed E-state index contributed by atoms with van der Waals surface area (Å²) in [7, 11) is 1.39. The molecule has 0 bridgehead atoms. The highest BCUT2D eigenvalue weighted by atomic mass is 32.1. The van der Waals surface area contributed by atoms with Gasteiger partial charge in [0.15, 0.2) is 0 Å². The Morgan fingerprint density at radius 1 is 1.73 bits per heavy atom. The maximum Gasteiger partial charge on any atom is 0.322 e. The number of aryl methyl sites for hydroxylation is 1. The number of nitrogens with one attached hydrogen (secondary N) is 1. The van der Waals surface area contributed by atoms with Crippen molar-refractivity contribution in [3.8, 4) is 0 Å². The van der Waals surface area contributed by atoms with Gasteiger partial charge in [0.2, 0.25) is 0 Å². The molecule has 1 aromatic heterocycles. The SMILES string of the molecule is CCc1ncc(CNC(C)C(=O)OC)s1. The molecule has 0 aliphatic rings. The first kappa shape index (κ1) is 12.1. The number of nitrogens with zero attached hydrogens (tertiary/aromatic N) is 1. The fourth-order valence-electron chi connectivity index (χ4n) is 1.11. The minimum absolute atomic E-state index is 0.241. The van der Waals surface area contributed by atoms with Gasteiger partial charge in [-0.15, -0.1) is 11.3 Å². The summed E-state index contributed by atoms with van der Waals surface area (Å²) in [4.78, 5) is 16.5. The number of rotatable bonds is 5. The standard InChI is InChI=1S/C10H16N2O2S/c1-4-9-12-6-8(15-9)5-11-7(2)10(13)14-3/h6-7,11H,4-5H2,1-3H3. The van der Waals surface area contributed by atoms with Crippen LogP contribution in [-0.4, -0.2) is 24.1 Å². The highest BCUT2D eigenvalue weighted by Crippen LogP contribution is 2.12. The molecule has 0 fully saturated rings. The molecule has 0 aromatic carbocycles. The fourth-order valence-corrected chi connectivity index (χ4v) is 1.92. The molecular formula is C10H16N2O2S. The van der Waals surface area contributed by atoms with Gasteiger partial charge in [-0.25, -0.2) is 4.98 Å². The molecule has 0 radical (unpaired) electrons. The molecule has 0 amide bonds. The summed E-state index contributed by atoms with van der Waals surface area (Å²) in [6.07, 6.45) is 2.80. The van der Waals surface area contributed by atoms with Gasteiger partial charge in [0.05, 0.1) is 12.1 Å². The Balaban J connectivity index is 2.39. The van der Waals surface area contributed by atoms with Gasteiger partial charge >= 0.3 is 5.97 Å². The van der Waals surface area contributed by atoms with Gasteiger partial charge in [0, 0.05) is 17.6 Å². The summed E-state index contributed by atoms with van der Waals surface area (Å²) < 4.78 is 4.61. The minimum Gasteiger partial charge on any atom is -0.468 e. The Kier molecular flexibility index (Phi) is 4.71. The van der Waals surface area contributed by atoms with E-state index in [1.807, 2.05) is 6.20 Å². The third-order valence-electron chi connectivity index (χ3n) is 2.04. The Hall–Kier alpha value is -0.940. The van der Waals surface area contributed by atoms with E-state index in [-0.39, 0.29) is 12.0 Å². The summed E-state index contributed by atoms with van der Waals surface area (Å²) in [5.74, 6) is -0.241. The van der Waals surface area contributed by atoms with E-state index in [9.17, 15) is 4.79 Å². The van der Waals surface area contributed by atoms with E-state index in [1.54, 1.807) is 18.3 Å². The smallest absolute Gasteiger partial charge is 0.322 e. The first-order valence-corrected chi connectivity index (χ1v) is 5.73. The van der Waals surface area contributed by atoms with E-state index in [4.69, 9.17) is 0 Å². The van der Waals surface area contributed by atoms with Crippen LogP contribution >= 0.6 is 11.3 Å². The van der Waals surface area contributed by atoms with Crippen LogP contribution in [-0.2, 0) is 22.5 Å². The van der Waals surface area contributed by atoms with E-state index in [0.29, 0.717) is 6.54 Å². The number of aromatic nitrogens is 1. The van der Waals surface area contributed by atoms with Crippen LogP contribution in [0.5, 0.6) is 0 Å². The van der Waals surface area contributed by atoms with Crippen molar-refractivity contribution in [2.45, 2.75) is 32.9 Å². The number of thiazole rings is 1. The Labute approximate surface area is 93.7 Å². The molecule has 5 heteroatoms. The molecule has 0 aliphatic heterocycles. The Morgan fingerprint density at radius 3 is 3.00 bits per heavy atom. The van der Waals surface area contributed by atoms with Crippen molar-refractivity contribution in [2.24, 2.45) is 0 Å². The summed E-state index contributed by atoms with van der Waals surface area (Å²) in [5, 5.41) is 4.21. The van der Waals surface area contributed by atoms with Crippen LogP contribution in [0.3, 0.4) is 0 Å². The molecule has 4 nitrogen and oxygen atoms in total. The van der Waals surface area contributed by atoms with Crippen LogP contribution in [0, 0.1) is 0 Å². The van der Waals surface area contributed by atoms with Crippen molar-refractivity contribution in [2.75, 3.05) is 7.11 Å². The fraction of sp³-hybridized carbons (Fsp3) is 0.600. The molecule has 84 valence electrons. The molecule has 1 atom stereocenters. The second-order valence-electron chi connectivity index (χ2n) is 3.20. The number of methoxy groups -OCH3 is 1. The number of hydrogen-bond donors (Lipinski definition) is 1. The quantitative estimate of drug-likeness (QED) is 0.773. The topological polar surface area (TPSA) is 51.2 Å². The van der Waals surface area contributed by atoms with Crippen molar-refractivity contribution in [3.05, 3.63) is 16.1 Å². The third-order valence-corrected chi connectivity index (χ3v) is 3.18. The van der Waals surface area contributed by atoms with E-state index in [0.717, 1.165) is 16.3 Å².